The molecule has 1 aliphatic rings. The Labute approximate surface area is 237 Å². The second-order valence-corrected chi connectivity index (χ2v) is 10.7. The average molecular weight is 541 g/mol. The molecule has 6 heteroatoms. The number of Topliss-reactive ketones (excluding diaryl/α,β-unsaturated/α-hetero) is 1. The molecule has 0 saturated carbocycles. The van der Waals surface area contributed by atoms with E-state index in [1.54, 1.807) is 24.1 Å². The summed E-state index contributed by atoms with van der Waals surface area (Å²) in [6, 6.07) is 18.7. The maximum atomic E-state index is 13.6. The number of carbonyl (C=O) groups excluding carboxylic acids is 2. The molecule has 1 saturated heterocycles. The predicted molar refractivity (Wildman–Crippen MR) is 161 cm³/mol. The van der Waals surface area contributed by atoms with Gasteiger partial charge in [-0.25, -0.2) is 0 Å². The first kappa shape index (κ1) is 28.9. The molecule has 6 nitrogen and oxygen atoms in total. The summed E-state index contributed by atoms with van der Waals surface area (Å²) in [6.45, 7) is 14.3. The number of hydrogen-bond acceptors (Lipinski definition) is 5. The molecule has 0 bridgehead atoms. The van der Waals surface area contributed by atoms with Crippen LogP contribution in [0.4, 0.5) is 5.69 Å². The number of aryl methyl sites for hydroxylation is 2. The van der Waals surface area contributed by atoms with Crippen LogP contribution < -0.4 is 9.64 Å². The zero-order valence-corrected chi connectivity index (χ0v) is 24.6. The third-order valence-corrected chi connectivity index (χ3v) is 7.85. The first-order valence-corrected chi connectivity index (χ1v) is 14.0. The van der Waals surface area contributed by atoms with Gasteiger partial charge < -0.3 is 19.6 Å². The highest BCUT2D eigenvalue weighted by Crippen LogP contribution is 2.42. The molecule has 210 valence electrons. The molecule has 3 aromatic rings. The number of anilines is 1. The number of methoxy groups -OCH3 is 1. The third kappa shape index (κ3) is 5.48. The van der Waals surface area contributed by atoms with Gasteiger partial charge in [-0.1, -0.05) is 49.7 Å². The van der Waals surface area contributed by atoms with Crippen LogP contribution in [0.3, 0.4) is 0 Å². The van der Waals surface area contributed by atoms with Crippen molar-refractivity contribution in [2.75, 3.05) is 25.1 Å². The number of carbonyl (C=O) groups is 2. The van der Waals surface area contributed by atoms with E-state index in [9.17, 15) is 14.7 Å². The van der Waals surface area contributed by atoms with Crippen LogP contribution in [0, 0.1) is 13.8 Å². The van der Waals surface area contributed by atoms with Crippen LogP contribution in [0.25, 0.3) is 5.76 Å². The van der Waals surface area contributed by atoms with E-state index < -0.39 is 17.7 Å². The Hall–Kier alpha value is -4.06. The summed E-state index contributed by atoms with van der Waals surface area (Å²) < 4.78 is 5.52. The summed E-state index contributed by atoms with van der Waals surface area (Å²) in [7, 11) is 1.61. The van der Waals surface area contributed by atoms with Crippen molar-refractivity contribution in [1.29, 1.82) is 0 Å². The average Bonchev–Trinajstić information content (AvgIpc) is 3.20. The molecule has 1 fully saturated rings. The van der Waals surface area contributed by atoms with Crippen LogP contribution in [0.15, 0.2) is 66.2 Å². The number of benzene rings is 3. The van der Waals surface area contributed by atoms with E-state index in [-0.39, 0.29) is 23.8 Å². The van der Waals surface area contributed by atoms with Gasteiger partial charge >= 0.3 is 0 Å². The quantitative estimate of drug-likeness (QED) is 0.182. The van der Waals surface area contributed by atoms with Crippen LogP contribution >= 0.6 is 0 Å². The van der Waals surface area contributed by atoms with E-state index >= 15 is 0 Å². The molecule has 0 aromatic heterocycles. The Kier molecular flexibility index (Phi) is 8.67. The molecule has 0 radical (unpaired) electrons. The van der Waals surface area contributed by atoms with Crippen LogP contribution in [0.1, 0.15) is 73.0 Å². The molecule has 1 N–H and O–H groups in total. The largest absolute Gasteiger partial charge is 0.507 e. The first-order valence-electron chi connectivity index (χ1n) is 14.0. The molecule has 1 aliphatic heterocycles. The molecule has 0 spiro atoms. The van der Waals surface area contributed by atoms with Crippen molar-refractivity contribution >= 4 is 23.1 Å². The number of ether oxygens (including phenoxy) is 1. The van der Waals surface area contributed by atoms with Crippen molar-refractivity contribution in [2.24, 2.45) is 0 Å². The van der Waals surface area contributed by atoms with Crippen LogP contribution in [0.2, 0.25) is 0 Å². The second-order valence-electron chi connectivity index (χ2n) is 10.7. The second kappa shape index (κ2) is 12.0. The fourth-order valence-electron chi connectivity index (χ4n) is 5.49. The van der Waals surface area contributed by atoms with Crippen molar-refractivity contribution in [3.05, 3.63) is 99.6 Å². The highest BCUT2D eigenvalue weighted by atomic mass is 16.5. The van der Waals surface area contributed by atoms with E-state index in [0.717, 1.165) is 46.6 Å². The summed E-state index contributed by atoms with van der Waals surface area (Å²) in [6.07, 6.45) is 0. The van der Waals surface area contributed by atoms with E-state index in [2.05, 4.69) is 18.7 Å². The Morgan fingerprint density at radius 1 is 0.975 bits per heavy atom. The highest BCUT2D eigenvalue weighted by Gasteiger charge is 2.46. The molecule has 1 unspecified atom stereocenters. The van der Waals surface area contributed by atoms with Crippen molar-refractivity contribution in [2.45, 2.75) is 60.0 Å². The van der Waals surface area contributed by atoms with Gasteiger partial charge in [0.15, 0.2) is 0 Å². The number of aliphatic hydroxyl groups excluding tert-OH is 1. The van der Waals surface area contributed by atoms with Gasteiger partial charge in [0.05, 0.1) is 18.7 Å². The van der Waals surface area contributed by atoms with Crippen LogP contribution in [-0.2, 0) is 16.1 Å². The summed E-state index contributed by atoms with van der Waals surface area (Å²) >= 11 is 0. The predicted octanol–water partition coefficient (Wildman–Crippen LogP) is 6.90. The summed E-state index contributed by atoms with van der Waals surface area (Å²) in [5.41, 5.74) is 6.44. The summed E-state index contributed by atoms with van der Waals surface area (Å²) in [4.78, 5) is 31.0. The van der Waals surface area contributed by atoms with E-state index in [0.29, 0.717) is 11.3 Å². The third-order valence-electron chi connectivity index (χ3n) is 7.85. The highest BCUT2D eigenvalue weighted by molar-refractivity contribution is 6.46. The minimum absolute atomic E-state index is 0.103. The van der Waals surface area contributed by atoms with Gasteiger partial charge in [-0.15, -0.1) is 0 Å². The number of nitrogens with zero attached hydrogens (tertiary/aromatic N) is 2. The maximum absolute atomic E-state index is 13.6. The molecule has 1 amide bonds. The Bertz CT molecular complexity index is 1430. The van der Waals surface area contributed by atoms with Crippen LogP contribution in [0.5, 0.6) is 5.75 Å². The standard InChI is InChI=1S/C34H40N2O4/c1-8-35(9-2)27-15-12-24(13-16-27)31-30(32(37)25-14-17-29(40-7)28(19-25)21(3)4)33(38)34(39)36(31)20-26-18-22(5)10-11-23(26)6/h10-19,21,31,37H,8-9,20H2,1-7H3/b32-30-. The van der Waals surface area contributed by atoms with Gasteiger partial charge in [-0.2, -0.15) is 0 Å². The lowest BCUT2D eigenvalue weighted by molar-refractivity contribution is -0.140. The molecule has 1 atom stereocenters. The Morgan fingerprint density at radius 2 is 1.65 bits per heavy atom. The minimum atomic E-state index is -0.727. The molecule has 40 heavy (non-hydrogen) atoms. The number of likely N-dealkylation sites (tertiary alicyclic amines) is 1. The molecule has 4 rings (SSSR count). The van der Waals surface area contributed by atoms with Gasteiger partial charge in [0.1, 0.15) is 11.5 Å². The number of ketones is 1. The van der Waals surface area contributed by atoms with Crippen molar-refractivity contribution < 1.29 is 19.4 Å². The van der Waals surface area contributed by atoms with E-state index in [4.69, 9.17) is 4.74 Å². The van der Waals surface area contributed by atoms with Crippen molar-refractivity contribution in [3.63, 3.8) is 0 Å². The molecular weight excluding hydrogens is 500 g/mol. The van der Waals surface area contributed by atoms with E-state index in [1.165, 1.54) is 0 Å². The molecule has 3 aromatic carbocycles. The van der Waals surface area contributed by atoms with Gasteiger partial charge in [0, 0.05) is 30.9 Å². The SMILES string of the molecule is CCN(CC)c1ccc(C2/C(=C(/O)c3ccc(OC)c(C(C)C)c3)C(=O)C(=O)N2Cc2cc(C)ccc2C)cc1. The number of amides is 1. The number of rotatable bonds is 9. The lowest BCUT2D eigenvalue weighted by Crippen LogP contribution is -2.29. The fourth-order valence-corrected chi connectivity index (χ4v) is 5.49. The zero-order chi connectivity index (χ0) is 29.1. The lowest BCUT2D eigenvalue weighted by Gasteiger charge is -2.27. The Morgan fingerprint density at radius 3 is 2.25 bits per heavy atom. The van der Waals surface area contributed by atoms with E-state index in [1.807, 2.05) is 76.2 Å². The topological polar surface area (TPSA) is 70.1 Å². The molecule has 1 heterocycles. The first-order chi connectivity index (χ1) is 19.1. The van der Waals surface area contributed by atoms with Crippen molar-refractivity contribution in [3.8, 4) is 5.75 Å². The van der Waals surface area contributed by atoms with Crippen LogP contribution in [-0.4, -0.2) is 41.9 Å². The monoisotopic (exact) mass is 540 g/mol. The lowest BCUT2D eigenvalue weighted by atomic mass is 9.93. The minimum Gasteiger partial charge on any atom is -0.507 e. The number of aliphatic hydroxyl groups is 1. The van der Waals surface area contributed by atoms with Gasteiger partial charge in [-0.3, -0.25) is 9.59 Å². The Balaban J connectivity index is 1.89. The summed E-state index contributed by atoms with van der Waals surface area (Å²) in [5, 5.41) is 11.6. The normalized spacial score (nSPS) is 16.6. The fraction of sp³-hybridized carbons (Fsp3) is 0.353. The summed E-state index contributed by atoms with van der Waals surface area (Å²) in [5.74, 6) is -0.618. The van der Waals surface area contributed by atoms with Gasteiger partial charge in [0.25, 0.3) is 11.7 Å². The smallest absolute Gasteiger partial charge is 0.295 e. The zero-order valence-electron chi connectivity index (χ0n) is 24.6. The van der Waals surface area contributed by atoms with Gasteiger partial charge in [0.2, 0.25) is 0 Å². The number of hydrogen-bond donors (Lipinski definition) is 1. The van der Waals surface area contributed by atoms with Gasteiger partial charge in [-0.05, 0) is 86.2 Å². The van der Waals surface area contributed by atoms with Crippen molar-refractivity contribution in [1.82, 2.24) is 4.90 Å². The maximum Gasteiger partial charge on any atom is 0.295 e. The molecule has 0 aliphatic carbocycles. The molecular formula is C34H40N2O4.